The summed E-state index contributed by atoms with van der Waals surface area (Å²) >= 11 is 6.05. The third kappa shape index (κ3) is 7.00. The van der Waals surface area contributed by atoms with Gasteiger partial charge in [0.2, 0.25) is 10.0 Å². The van der Waals surface area contributed by atoms with E-state index in [1.165, 1.54) is 10.7 Å². The number of hydrazine groups is 3. The lowest BCUT2D eigenvalue weighted by Gasteiger charge is -2.39. The maximum Gasteiger partial charge on any atom is 0.229 e. The van der Waals surface area contributed by atoms with E-state index in [1.807, 2.05) is 42.6 Å². The molecule has 0 bridgehead atoms. The van der Waals surface area contributed by atoms with Gasteiger partial charge in [-0.15, -0.1) is 5.53 Å². The van der Waals surface area contributed by atoms with Crippen molar-refractivity contribution in [3.8, 4) is 0 Å². The molecular weight excluding hydrogens is 474 g/mol. The van der Waals surface area contributed by atoms with Crippen molar-refractivity contribution in [2.45, 2.75) is 31.8 Å². The van der Waals surface area contributed by atoms with Gasteiger partial charge in [0.15, 0.2) is 0 Å². The normalized spacial score (nSPS) is 17.1. The molecule has 1 saturated heterocycles. The highest BCUT2D eigenvalue weighted by Gasteiger charge is 2.27. The van der Waals surface area contributed by atoms with Gasteiger partial charge in [0, 0.05) is 42.9 Å². The number of nitrogens with one attached hydrogen (secondary N) is 3. The molecule has 184 valence electrons. The van der Waals surface area contributed by atoms with Gasteiger partial charge in [-0.3, -0.25) is 15.0 Å². The number of halogens is 1. The molecule has 0 aliphatic carbocycles. The zero-order valence-electron chi connectivity index (χ0n) is 19.2. The lowest BCUT2D eigenvalue weighted by Crippen LogP contribution is -2.47. The Hall–Kier alpha value is -2.50. The average molecular weight is 506 g/mol. The predicted octanol–water partition coefficient (Wildman–Crippen LogP) is 2.22. The first-order valence-electron chi connectivity index (χ1n) is 11.3. The van der Waals surface area contributed by atoms with E-state index < -0.39 is 10.0 Å². The molecule has 0 spiro atoms. The number of nitrogens with zero attached hydrogens (tertiary/aromatic N) is 3. The van der Waals surface area contributed by atoms with Crippen molar-refractivity contribution in [2.75, 3.05) is 30.6 Å². The predicted molar refractivity (Wildman–Crippen MR) is 135 cm³/mol. The van der Waals surface area contributed by atoms with Crippen LogP contribution in [-0.4, -0.2) is 55.3 Å². The average Bonchev–Trinajstić information content (AvgIpc) is 3.24. The van der Waals surface area contributed by atoms with E-state index in [0.29, 0.717) is 11.7 Å². The number of rotatable bonds is 9. The summed E-state index contributed by atoms with van der Waals surface area (Å²) in [6, 6.07) is 16.1. The van der Waals surface area contributed by atoms with Crippen LogP contribution >= 0.6 is 11.6 Å². The lowest BCUT2D eigenvalue weighted by molar-refractivity contribution is 0.114. The van der Waals surface area contributed by atoms with Gasteiger partial charge in [-0.2, -0.15) is 0 Å². The van der Waals surface area contributed by atoms with E-state index in [0.717, 1.165) is 68.1 Å². The minimum absolute atomic E-state index is 0.446. The number of sulfonamides is 1. The Morgan fingerprint density at radius 3 is 2.32 bits per heavy atom. The molecule has 34 heavy (non-hydrogen) atoms. The molecule has 11 heteroatoms. The van der Waals surface area contributed by atoms with Crippen LogP contribution in [0.1, 0.15) is 24.0 Å². The van der Waals surface area contributed by atoms with Gasteiger partial charge in [-0.1, -0.05) is 35.9 Å². The van der Waals surface area contributed by atoms with Gasteiger partial charge in [-0.25, -0.2) is 19.4 Å². The molecule has 1 fully saturated rings. The SMILES string of the molecule is CS(=O)(=O)Nc1ccc(CN(CCc2ccc(Cl)cc2)C2CCN(C3=CN(N)NN3)CC2)cc1. The summed E-state index contributed by atoms with van der Waals surface area (Å²) in [6.45, 7) is 3.60. The highest BCUT2D eigenvalue weighted by molar-refractivity contribution is 7.92. The number of likely N-dealkylation sites (tertiary alicyclic amines) is 1. The fourth-order valence-corrected chi connectivity index (χ4v) is 5.08. The van der Waals surface area contributed by atoms with Crippen LogP contribution in [0.25, 0.3) is 0 Å². The van der Waals surface area contributed by atoms with Gasteiger partial charge < -0.3 is 4.90 Å². The number of benzene rings is 2. The maximum atomic E-state index is 11.5. The molecule has 0 aromatic heterocycles. The molecule has 0 radical (unpaired) electrons. The van der Waals surface area contributed by atoms with E-state index in [-0.39, 0.29) is 0 Å². The highest BCUT2D eigenvalue weighted by Crippen LogP contribution is 2.23. The van der Waals surface area contributed by atoms with Crippen LogP contribution in [0.4, 0.5) is 5.69 Å². The van der Waals surface area contributed by atoms with E-state index in [2.05, 4.69) is 37.6 Å². The molecule has 2 aliphatic rings. The van der Waals surface area contributed by atoms with Crippen LogP contribution in [0.3, 0.4) is 0 Å². The number of anilines is 1. The van der Waals surface area contributed by atoms with Crippen molar-refractivity contribution in [1.29, 1.82) is 0 Å². The fraction of sp³-hybridized carbons (Fsp3) is 0.391. The van der Waals surface area contributed by atoms with Gasteiger partial charge in [0.1, 0.15) is 5.82 Å². The molecule has 4 rings (SSSR count). The second-order valence-corrected chi connectivity index (χ2v) is 11.0. The van der Waals surface area contributed by atoms with Crippen molar-refractivity contribution in [1.82, 2.24) is 25.9 Å². The monoisotopic (exact) mass is 505 g/mol. The van der Waals surface area contributed by atoms with Crippen LogP contribution in [0, 0.1) is 0 Å². The molecule has 0 atom stereocenters. The van der Waals surface area contributed by atoms with Gasteiger partial charge >= 0.3 is 0 Å². The first kappa shape index (κ1) is 24.6. The first-order valence-corrected chi connectivity index (χ1v) is 13.6. The minimum atomic E-state index is -3.29. The number of nitrogens with two attached hydrogens (primary N) is 1. The van der Waals surface area contributed by atoms with Crippen molar-refractivity contribution < 1.29 is 8.42 Å². The molecule has 0 amide bonds. The van der Waals surface area contributed by atoms with Gasteiger partial charge in [-0.05, 0) is 54.7 Å². The molecule has 2 aromatic carbocycles. The van der Waals surface area contributed by atoms with Crippen LogP contribution in [0.5, 0.6) is 0 Å². The van der Waals surface area contributed by atoms with Gasteiger partial charge in [0.05, 0.1) is 12.5 Å². The summed E-state index contributed by atoms with van der Waals surface area (Å²) in [7, 11) is -3.29. The first-order chi connectivity index (χ1) is 16.2. The Kier molecular flexibility index (Phi) is 7.84. The lowest BCUT2D eigenvalue weighted by atomic mass is 10.0. The van der Waals surface area contributed by atoms with Crippen LogP contribution in [0.15, 0.2) is 60.6 Å². The van der Waals surface area contributed by atoms with Crippen LogP contribution < -0.4 is 21.5 Å². The van der Waals surface area contributed by atoms with Crippen molar-refractivity contribution in [3.63, 3.8) is 0 Å². The van der Waals surface area contributed by atoms with E-state index >= 15 is 0 Å². The molecular formula is C23H32ClN7O2S. The Morgan fingerprint density at radius 2 is 1.74 bits per heavy atom. The molecule has 2 aliphatic heterocycles. The Balaban J connectivity index is 1.42. The molecule has 9 nitrogen and oxygen atoms in total. The van der Waals surface area contributed by atoms with E-state index in [9.17, 15) is 8.42 Å². The Labute approximate surface area is 206 Å². The third-order valence-corrected chi connectivity index (χ3v) is 7.00. The summed E-state index contributed by atoms with van der Waals surface area (Å²) in [5.74, 6) is 6.73. The standard InChI is InChI=1S/C23H32ClN7O2S/c1-34(32,33)27-21-8-4-19(5-9-21)16-30(13-10-18-2-6-20(24)7-3-18)22-11-14-29(15-12-22)23-17-31(25)28-26-23/h2-9,17,22,26-28H,10-16,25H2,1H3. The van der Waals surface area contributed by atoms with Gasteiger partial charge in [0.25, 0.3) is 0 Å². The van der Waals surface area contributed by atoms with Crippen molar-refractivity contribution in [3.05, 3.63) is 76.7 Å². The summed E-state index contributed by atoms with van der Waals surface area (Å²) in [4.78, 5) is 4.84. The van der Waals surface area contributed by atoms with E-state index in [1.54, 1.807) is 0 Å². The smallest absolute Gasteiger partial charge is 0.229 e. The summed E-state index contributed by atoms with van der Waals surface area (Å²) in [5, 5.41) is 2.17. The maximum absolute atomic E-state index is 11.5. The van der Waals surface area contributed by atoms with Crippen molar-refractivity contribution >= 4 is 27.3 Å². The van der Waals surface area contributed by atoms with Crippen LogP contribution in [-0.2, 0) is 23.0 Å². The fourth-order valence-electron chi connectivity index (χ4n) is 4.39. The second kappa shape index (κ2) is 10.8. The Morgan fingerprint density at radius 1 is 1.09 bits per heavy atom. The number of hydrogen-bond donors (Lipinski definition) is 4. The third-order valence-electron chi connectivity index (χ3n) is 6.14. The van der Waals surface area contributed by atoms with E-state index in [4.69, 9.17) is 17.4 Å². The Bertz CT molecular complexity index is 1090. The molecule has 0 saturated carbocycles. The number of hydrogen-bond acceptors (Lipinski definition) is 8. The van der Waals surface area contributed by atoms with Crippen molar-refractivity contribution in [2.24, 2.45) is 5.84 Å². The molecule has 5 N–H and O–H groups in total. The zero-order valence-corrected chi connectivity index (χ0v) is 20.8. The minimum Gasteiger partial charge on any atom is -0.356 e. The highest BCUT2D eigenvalue weighted by atomic mass is 35.5. The molecule has 2 heterocycles. The summed E-state index contributed by atoms with van der Waals surface area (Å²) < 4.78 is 25.5. The quantitative estimate of drug-likeness (QED) is 0.384. The zero-order chi connectivity index (χ0) is 24.1. The molecule has 0 unspecified atom stereocenters. The molecule has 2 aromatic rings. The summed E-state index contributed by atoms with van der Waals surface area (Å²) in [5.41, 5.74) is 8.94. The summed E-state index contributed by atoms with van der Waals surface area (Å²) in [6.07, 6.45) is 6.02. The number of piperidine rings is 1. The van der Waals surface area contributed by atoms with Crippen LogP contribution in [0.2, 0.25) is 5.02 Å². The largest absolute Gasteiger partial charge is 0.356 e. The second-order valence-electron chi connectivity index (χ2n) is 8.79. The topological polar surface area (TPSA) is 106 Å².